The number of nitrogens with zero attached hydrogens (tertiary/aromatic N) is 1. The Morgan fingerprint density at radius 1 is 1.25 bits per heavy atom. The number of hydrogen-bond acceptors (Lipinski definition) is 3. The Morgan fingerprint density at radius 2 is 2.25 bits per heavy atom. The summed E-state index contributed by atoms with van der Waals surface area (Å²) in [5, 5.41) is 1.50. The van der Waals surface area contributed by atoms with Crippen LogP contribution in [0.5, 0.6) is 0 Å². The van der Waals surface area contributed by atoms with Crippen LogP contribution >= 0.6 is 32.6 Å². The van der Waals surface area contributed by atoms with Crippen molar-refractivity contribution in [1.82, 2.24) is 3.79 Å². The number of benzene rings is 1. The quantitative estimate of drug-likeness (QED) is 0.400. The summed E-state index contributed by atoms with van der Waals surface area (Å²) >= 11 is 1.92. The predicted molar refractivity (Wildman–Crippen MR) is 54.8 cm³/mol. The average Bonchev–Trinajstić information content (AvgIpc) is 2.15. The molecule has 1 aromatic carbocycles. The van der Waals surface area contributed by atoms with Gasteiger partial charge in [0.1, 0.15) is 4.83 Å². The average molecular weight is 209 g/mol. The Labute approximate surface area is 80.2 Å². The van der Waals surface area contributed by atoms with Crippen LogP contribution in [0.4, 0.5) is 0 Å². The molecule has 3 heterocycles. The van der Waals surface area contributed by atoms with Gasteiger partial charge in [-0.15, -0.1) is 0 Å². The minimum absolute atomic E-state index is 1.40. The van der Waals surface area contributed by atoms with Gasteiger partial charge in [-0.2, -0.15) is 0 Å². The van der Waals surface area contributed by atoms with E-state index >= 15 is 0 Å². The predicted octanol–water partition coefficient (Wildman–Crippen LogP) is 3.68. The largest absolute Gasteiger partial charge is 0.245 e. The first-order valence-electron chi connectivity index (χ1n) is 3.65. The summed E-state index contributed by atoms with van der Waals surface area (Å²) in [5.74, 6) is 0. The molecule has 0 fully saturated rings. The molecule has 0 atom stereocenters. The first kappa shape index (κ1) is 6.07. The lowest BCUT2D eigenvalue weighted by molar-refractivity contribution is 1.45. The Balaban J connectivity index is 2.50. The van der Waals surface area contributed by atoms with Gasteiger partial charge in [0.05, 0.1) is 10.4 Å². The van der Waals surface area contributed by atoms with E-state index < -0.39 is 0 Å². The van der Waals surface area contributed by atoms with Gasteiger partial charge in [-0.25, -0.2) is 3.79 Å². The van der Waals surface area contributed by atoms with Crippen LogP contribution in [0.15, 0.2) is 28.0 Å². The van der Waals surface area contributed by atoms with Crippen molar-refractivity contribution in [2.75, 3.05) is 0 Å². The van der Waals surface area contributed by atoms with Gasteiger partial charge < -0.3 is 0 Å². The van der Waals surface area contributed by atoms with Crippen molar-refractivity contribution in [1.29, 1.82) is 0 Å². The molecule has 0 saturated heterocycles. The zero-order valence-electron chi connectivity index (χ0n) is 5.90. The van der Waals surface area contributed by atoms with Crippen molar-refractivity contribution in [3.8, 4) is 0 Å². The molecule has 2 aromatic heterocycles. The van der Waals surface area contributed by atoms with E-state index in [1.165, 1.54) is 25.5 Å². The highest BCUT2D eigenvalue weighted by Crippen LogP contribution is 2.54. The first-order chi connectivity index (χ1) is 5.95. The van der Waals surface area contributed by atoms with E-state index in [2.05, 4.69) is 22.0 Å². The standard InChI is InChI=1S/C8H3NS3/c1-2-4-6-5(3-1)10-7(6)8-9(4)12-11-8/h1-3H. The second kappa shape index (κ2) is 1.73. The third-order valence-electron chi connectivity index (χ3n) is 2.23. The number of rotatable bonds is 0. The smallest absolute Gasteiger partial charge is 0.136 e. The summed E-state index contributed by atoms with van der Waals surface area (Å²) < 4.78 is 2.33. The number of aromatic nitrogens is 1. The molecule has 4 rings (SSSR count). The van der Waals surface area contributed by atoms with E-state index in [4.69, 9.17) is 0 Å². The van der Waals surface area contributed by atoms with Crippen LogP contribution in [0.3, 0.4) is 0 Å². The maximum absolute atomic E-state index is 2.33. The Morgan fingerprint density at radius 3 is 3.08 bits per heavy atom. The van der Waals surface area contributed by atoms with Crippen molar-refractivity contribution in [3.05, 3.63) is 18.2 Å². The van der Waals surface area contributed by atoms with Gasteiger partial charge in [-0.1, -0.05) is 17.8 Å². The lowest BCUT2D eigenvalue weighted by Crippen LogP contribution is -1.83. The second-order valence-corrected chi connectivity index (χ2v) is 5.91. The van der Waals surface area contributed by atoms with Gasteiger partial charge in [0.2, 0.25) is 0 Å². The van der Waals surface area contributed by atoms with Crippen LogP contribution in [0.1, 0.15) is 0 Å². The summed E-state index contributed by atoms with van der Waals surface area (Å²) in [6, 6.07) is 6.55. The molecule has 58 valence electrons. The fraction of sp³-hybridized carbons (Fsp3) is 0. The summed E-state index contributed by atoms with van der Waals surface area (Å²) in [6.07, 6.45) is 0. The topological polar surface area (TPSA) is 4.41 Å². The Hall–Kier alpha value is -0.450. The summed E-state index contributed by atoms with van der Waals surface area (Å²) in [7, 11) is 3.72. The zero-order valence-corrected chi connectivity index (χ0v) is 8.35. The molecular weight excluding hydrogens is 206 g/mol. The van der Waals surface area contributed by atoms with Crippen LogP contribution in [0.2, 0.25) is 0 Å². The van der Waals surface area contributed by atoms with E-state index in [-0.39, 0.29) is 0 Å². The van der Waals surface area contributed by atoms with Crippen molar-refractivity contribution >= 4 is 48.4 Å². The van der Waals surface area contributed by atoms with Gasteiger partial charge in [0, 0.05) is 20.8 Å². The van der Waals surface area contributed by atoms with Gasteiger partial charge in [-0.3, -0.25) is 0 Å². The fourth-order valence-electron chi connectivity index (χ4n) is 1.66. The monoisotopic (exact) mass is 209 g/mol. The third kappa shape index (κ3) is 0.470. The van der Waals surface area contributed by atoms with E-state index in [1.54, 1.807) is 0 Å². The van der Waals surface area contributed by atoms with Crippen LogP contribution in [-0.4, -0.2) is 3.79 Å². The zero-order chi connectivity index (χ0) is 7.71. The normalized spacial score (nSPS) is 14.3. The minimum Gasteiger partial charge on any atom is -0.245 e. The number of hydrogen-bond donors (Lipinski definition) is 0. The van der Waals surface area contributed by atoms with Gasteiger partial charge in [0.25, 0.3) is 0 Å². The highest BCUT2D eigenvalue weighted by molar-refractivity contribution is 8.01. The first-order valence-corrected chi connectivity index (χ1v) is 6.58. The van der Waals surface area contributed by atoms with Crippen molar-refractivity contribution in [2.24, 2.45) is 0 Å². The molecule has 0 bridgehead atoms. The lowest BCUT2D eigenvalue weighted by Gasteiger charge is -2.11. The molecule has 0 aliphatic carbocycles. The van der Waals surface area contributed by atoms with Crippen LogP contribution in [0, 0.1) is 0 Å². The van der Waals surface area contributed by atoms with E-state index in [9.17, 15) is 0 Å². The van der Waals surface area contributed by atoms with Crippen LogP contribution in [-0.2, 0) is 0 Å². The third-order valence-corrected chi connectivity index (χ3v) is 5.93. The molecule has 0 N–H and O–H groups in total. The maximum Gasteiger partial charge on any atom is 0.136 e. The Bertz CT molecular complexity index is 598. The molecule has 3 aromatic rings. The molecule has 0 unspecified atom stereocenters. The van der Waals surface area contributed by atoms with Crippen molar-refractivity contribution < 1.29 is 0 Å². The van der Waals surface area contributed by atoms with Gasteiger partial charge in [0.15, 0.2) is 0 Å². The van der Waals surface area contributed by atoms with E-state index in [0.717, 1.165) is 0 Å². The molecular formula is C8H3NS3. The molecule has 0 spiro atoms. The number of fused-ring (bicyclic) bond motifs is 3. The SMILES string of the molecule is c1cc2c3c(c4ssn4c3c1)S2. The molecule has 1 aliphatic heterocycles. The Kier molecular flexibility index (Phi) is 0.878. The molecule has 0 saturated carbocycles. The summed E-state index contributed by atoms with van der Waals surface area (Å²) in [5.41, 5.74) is 1.40. The molecule has 4 heteroatoms. The van der Waals surface area contributed by atoms with Gasteiger partial charge in [-0.05, 0) is 22.5 Å². The molecule has 12 heavy (non-hydrogen) atoms. The molecule has 1 aliphatic rings. The van der Waals surface area contributed by atoms with Crippen LogP contribution in [0.25, 0.3) is 15.7 Å². The van der Waals surface area contributed by atoms with Crippen molar-refractivity contribution in [2.45, 2.75) is 9.79 Å². The van der Waals surface area contributed by atoms with Crippen molar-refractivity contribution in [3.63, 3.8) is 0 Å². The summed E-state index contributed by atoms with van der Waals surface area (Å²) in [4.78, 5) is 4.41. The second-order valence-electron chi connectivity index (χ2n) is 2.84. The highest BCUT2D eigenvalue weighted by atomic mass is 32.9. The molecule has 0 radical (unpaired) electrons. The minimum atomic E-state index is 1.40. The van der Waals surface area contributed by atoms with Gasteiger partial charge >= 0.3 is 0 Å². The summed E-state index contributed by atoms with van der Waals surface area (Å²) in [6.45, 7) is 0. The van der Waals surface area contributed by atoms with E-state index in [0.29, 0.717) is 0 Å². The van der Waals surface area contributed by atoms with Crippen LogP contribution < -0.4 is 0 Å². The fourth-order valence-corrected chi connectivity index (χ4v) is 5.13. The molecule has 0 amide bonds. The molecule has 1 nitrogen and oxygen atoms in total. The maximum atomic E-state index is 2.33. The van der Waals surface area contributed by atoms with E-state index in [1.807, 2.05) is 32.6 Å². The highest BCUT2D eigenvalue weighted by Gasteiger charge is 2.26. The lowest BCUT2D eigenvalue weighted by atomic mass is 10.2.